The molecular formula is C6H7F3N2O2. The van der Waals surface area contributed by atoms with E-state index in [1.165, 1.54) is 5.32 Å². The lowest BCUT2D eigenvalue weighted by molar-refractivity contribution is -0.136. The zero-order valence-corrected chi connectivity index (χ0v) is 6.44. The highest BCUT2D eigenvalue weighted by molar-refractivity contribution is 5.94. The summed E-state index contributed by atoms with van der Waals surface area (Å²) in [7, 11) is 0. The van der Waals surface area contributed by atoms with E-state index in [1.54, 1.807) is 0 Å². The van der Waals surface area contributed by atoms with Gasteiger partial charge in [-0.3, -0.25) is 9.59 Å². The van der Waals surface area contributed by atoms with Gasteiger partial charge in [0.2, 0.25) is 6.41 Å². The van der Waals surface area contributed by atoms with E-state index in [2.05, 4.69) is 6.58 Å². The molecule has 4 nitrogen and oxygen atoms in total. The number of rotatable bonds is 4. The number of halogens is 3. The second-order valence-electron chi connectivity index (χ2n) is 2.04. The van der Waals surface area contributed by atoms with Crippen LogP contribution in [0.1, 0.15) is 0 Å². The largest absolute Gasteiger partial charge is 0.405 e. The molecule has 0 rings (SSSR count). The summed E-state index contributed by atoms with van der Waals surface area (Å²) in [6.07, 6.45) is -4.33. The number of hydrogen-bond donors (Lipinski definition) is 2. The summed E-state index contributed by atoms with van der Waals surface area (Å²) in [6, 6.07) is 0. The predicted molar refractivity (Wildman–Crippen MR) is 37.4 cm³/mol. The Morgan fingerprint density at radius 2 is 2.00 bits per heavy atom. The van der Waals surface area contributed by atoms with Crippen molar-refractivity contribution in [2.45, 2.75) is 6.18 Å². The molecular weight excluding hydrogens is 189 g/mol. The van der Waals surface area contributed by atoms with Gasteiger partial charge in [-0.1, -0.05) is 6.58 Å². The lowest BCUT2D eigenvalue weighted by Gasteiger charge is -2.08. The van der Waals surface area contributed by atoms with E-state index in [-0.39, 0.29) is 6.41 Å². The SMILES string of the molecule is C=C(NC=O)C(=O)NCC(F)(F)F. The van der Waals surface area contributed by atoms with Gasteiger partial charge in [0, 0.05) is 0 Å². The van der Waals surface area contributed by atoms with Crippen LogP contribution < -0.4 is 10.6 Å². The fourth-order valence-corrected chi connectivity index (χ4v) is 0.424. The zero-order valence-electron chi connectivity index (χ0n) is 6.44. The van der Waals surface area contributed by atoms with Crippen LogP contribution in [-0.4, -0.2) is 25.0 Å². The van der Waals surface area contributed by atoms with Gasteiger partial charge < -0.3 is 10.6 Å². The Morgan fingerprint density at radius 3 is 2.38 bits per heavy atom. The van der Waals surface area contributed by atoms with Crippen LogP contribution >= 0.6 is 0 Å². The van der Waals surface area contributed by atoms with Gasteiger partial charge in [0.15, 0.2) is 0 Å². The van der Waals surface area contributed by atoms with Crippen molar-refractivity contribution in [3.8, 4) is 0 Å². The average molecular weight is 196 g/mol. The van der Waals surface area contributed by atoms with Gasteiger partial charge in [0.1, 0.15) is 6.54 Å². The summed E-state index contributed by atoms with van der Waals surface area (Å²) in [5.74, 6) is -1.07. The van der Waals surface area contributed by atoms with Crippen LogP contribution in [0.2, 0.25) is 0 Å². The van der Waals surface area contributed by atoms with Crippen LogP contribution in [-0.2, 0) is 9.59 Å². The number of carbonyl (C=O) groups excluding carboxylic acids is 2. The topological polar surface area (TPSA) is 58.2 Å². The summed E-state index contributed by atoms with van der Waals surface area (Å²) in [5.41, 5.74) is -0.431. The summed E-state index contributed by atoms with van der Waals surface area (Å²) in [5, 5.41) is 3.35. The van der Waals surface area contributed by atoms with E-state index in [4.69, 9.17) is 0 Å². The first kappa shape index (κ1) is 11.5. The Morgan fingerprint density at radius 1 is 1.46 bits per heavy atom. The van der Waals surface area contributed by atoms with Crippen molar-refractivity contribution < 1.29 is 22.8 Å². The summed E-state index contributed by atoms with van der Waals surface area (Å²) in [4.78, 5) is 20.4. The molecule has 74 valence electrons. The van der Waals surface area contributed by atoms with Gasteiger partial charge in [-0.05, 0) is 0 Å². The Labute approximate surface area is 71.8 Å². The number of nitrogens with one attached hydrogen (secondary N) is 2. The quantitative estimate of drug-likeness (QED) is 0.488. The molecule has 0 aromatic heterocycles. The zero-order chi connectivity index (χ0) is 10.5. The molecule has 0 bridgehead atoms. The maximum Gasteiger partial charge on any atom is 0.405 e. The fourth-order valence-electron chi connectivity index (χ4n) is 0.424. The molecule has 2 amide bonds. The molecule has 0 atom stereocenters. The maximum absolute atomic E-state index is 11.5. The minimum absolute atomic E-state index is 0.148. The molecule has 0 spiro atoms. The fraction of sp³-hybridized carbons (Fsp3) is 0.333. The minimum Gasteiger partial charge on any atom is -0.342 e. The highest BCUT2D eigenvalue weighted by atomic mass is 19.4. The third-order valence-electron chi connectivity index (χ3n) is 0.957. The van der Waals surface area contributed by atoms with Gasteiger partial charge in [-0.15, -0.1) is 0 Å². The van der Waals surface area contributed by atoms with Crippen molar-refractivity contribution in [2.75, 3.05) is 6.54 Å². The van der Waals surface area contributed by atoms with Crippen LogP contribution in [0, 0.1) is 0 Å². The van der Waals surface area contributed by atoms with Crippen molar-refractivity contribution >= 4 is 12.3 Å². The number of hydrogen-bond acceptors (Lipinski definition) is 2. The Bertz CT molecular complexity index is 224. The van der Waals surface area contributed by atoms with Gasteiger partial charge in [0.25, 0.3) is 5.91 Å². The first-order valence-corrected chi connectivity index (χ1v) is 3.11. The third kappa shape index (κ3) is 5.71. The molecule has 7 heteroatoms. The van der Waals surface area contributed by atoms with Gasteiger partial charge in [-0.25, -0.2) is 0 Å². The normalized spacial score (nSPS) is 10.4. The summed E-state index contributed by atoms with van der Waals surface area (Å²) >= 11 is 0. The monoisotopic (exact) mass is 196 g/mol. The second-order valence-corrected chi connectivity index (χ2v) is 2.04. The van der Waals surface area contributed by atoms with E-state index >= 15 is 0 Å². The molecule has 0 fully saturated rings. The van der Waals surface area contributed by atoms with E-state index < -0.39 is 24.3 Å². The molecule has 0 aliphatic heterocycles. The number of alkyl halides is 3. The van der Waals surface area contributed by atoms with Gasteiger partial charge >= 0.3 is 6.18 Å². The van der Waals surface area contributed by atoms with Gasteiger partial charge in [-0.2, -0.15) is 13.2 Å². The highest BCUT2D eigenvalue weighted by Crippen LogP contribution is 2.12. The molecule has 0 heterocycles. The van der Waals surface area contributed by atoms with E-state index in [9.17, 15) is 22.8 Å². The molecule has 0 aliphatic carbocycles. The van der Waals surface area contributed by atoms with E-state index in [1.807, 2.05) is 5.32 Å². The summed E-state index contributed by atoms with van der Waals surface area (Å²) < 4.78 is 34.6. The molecule has 2 N–H and O–H groups in total. The molecule has 0 aliphatic rings. The lowest BCUT2D eigenvalue weighted by Crippen LogP contribution is -2.37. The highest BCUT2D eigenvalue weighted by Gasteiger charge is 2.27. The van der Waals surface area contributed by atoms with Crippen molar-refractivity contribution in [2.24, 2.45) is 0 Å². The number of carbonyl (C=O) groups is 2. The smallest absolute Gasteiger partial charge is 0.342 e. The lowest BCUT2D eigenvalue weighted by atomic mass is 10.4. The van der Waals surface area contributed by atoms with Crippen LogP contribution in [0.4, 0.5) is 13.2 Å². The van der Waals surface area contributed by atoms with E-state index in [0.717, 1.165) is 0 Å². The maximum atomic E-state index is 11.5. The third-order valence-corrected chi connectivity index (χ3v) is 0.957. The van der Waals surface area contributed by atoms with Gasteiger partial charge in [0.05, 0.1) is 5.70 Å². The van der Waals surface area contributed by atoms with Crippen LogP contribution in [0.5, 0.6) is 0 Å². The Hall–Kier alpha value is -1.53. The van der Waals surface area contributed by atoms with Crippen LogP contribution in [0.25, 0.3) is 0 Å². The first-order valence-electron chi connectivity index (χ1n) is 3.11. The summed E-state index contributed by atoms with van der Waals surface area (Å²) in [6.45, 7) is 1.57. The average Bonchev–Trinajstić information content (AvgIpc) is 1.99. The molecule has 0 aromatic rings. The molecule has 13 heavy (non-hydrogen) atoms. The van der Waals surface area contributed by atoms with Crippen molar-refractivity contribution in [1.82, 2.24) is 10.6 Å². The van der Waals surface area contributed by atoms with E-state index in [0.29, 0.717) is 0 Å². The Kier molecular flexibility index (Phi) is 3.96. The van der Waals surface area contributed by atoms with Crippen LogP contribution in [0.3, 0.4) is 0 Å². The molecule has 0 saturated carbocycles. The van der Waals surface area contributed by atoms with Crippen molar-refractivity contribution in [1.29, 1.82) is 0 Å². The predicted octanol–water partition coefficient (Wildman–Crippen LogP) is -0.0754. The second kappa shape index (κ2) is 4.48. The first-order chi connectivity index (χ1) is 5.87. The number of amides is 2. The molecule has 0 saturated heterocycles. The van der Waals surface area contributed by atoms with Crippen molar-refractivity contribution in [3.05, 3.63) is 12.3 Å². The Balaban J connectivity index is 3.88. The van der Waals surface area contributed by atoms with Crippen molar-refractivity contribution in [3.63, 3.8) is 0 Å². The molecule has 0 aromatic carbocycles. The van der Waals surface area contributed by atoms with Crippen LogP contribution in [0.15, 0.2) is 12.3 Å². The molecule has 0 unspecified atom stereocenters. The minimum atomic E-state index is -4.48. The standard InChI is InChI=1S/C6H7F3N2O2/c1-4(11-3-12)5(13)10-2-6(7,8)9/h3H,1-2H2,(H,10,13)(H,11,12). The molecule has 0 radical (unpaired) electrons.